The lowest BCUT2D eigenvalue weighted by Gasteiger charge is -2.43. The first-order valence-electron chi connectivity index (χ1n) is 25.2. The monoisotopic (exact) mass is 1050 g/mol. The maximum absolute atomic E-state index is 16.0. The van der Waals surface area contributed by atoms with E-state index in [2.05, 4.69) is 20.6 Å². The molecule has 0 unspecified atom stereocenters. The van der Waals surface area contributed by atoms with E-state index < -0.39 is 70.7 Å². The Morgan fingerprint density at radius 1 is 0.932 bits per heavy atom. The smallest absolute Gasteiger partial charge is 0.246 e. The first-order valence-corrected chi connectivity index (χ1v) is 26.1. The number of aryl methyl sites for hydroxylation is 1. The molecule has 3 amide bonds. The Labute approximate surface area is 436 Å². The molecule has 1 saturated heterocycles. The lowest BCUT2D eigenvalue weighted by atomic mass is 9.85. The topological polar surface area (TPSA) is 171 Å². The zero-order valence-corrected chi connectivity index (χ0v) is 44.8. The van der Waals surface area contributed by atoms with Crippen molar-refractivity contribution in [2.75, 3.05) is 80.0 Å². The molecular formula is C55H72F3N7O8S. The summed E-state index contributed by atoms with van der Waals surface area (Å²) in [6.45, 7) is 13.0. The van der Waals surface area contributed by atoms with Crippen LogP contribution in [0.4, 0.5) is 13.2 Å². The third-order valence-electron chi connectivity index (χ3n) is 13.3. The van der Waals surface area contributed by atoms with Gasteiger partial charge in [0.1, 0.15) is 48.4 Å². The summed E-state index contributed by atoms with van der Waals surface area (Å²) in [5.74, 6) is -3.02. The Morgan fingerprint density at radius 2 is 1.58 bits per heavy atom. The Balaban J connectivity index is 0.832. The summed E-state index contributed by atoms with van der Waals surface area (Å²) >= 11 is 1.56. The highest BCUT2D eigenvalue weighted by atomic mass is 32.1. The van der Waals surface area contributed by atoms with Gasteiger partial charge in [-0.3, -0.25) is 19.3 Å². The van der Waals surface area contributed by atoms with Crippen molar-refractivity contribution in [3.8, 4) is 16.2 Å². The van der Waals surface area contributed by atoms with Gasteiger partial charge < -0.3 is 49.5 Å². The van der Waals surface area contributed by atoms with Gasteiger partial charge in [0.2, 0.25) is 17.7 Å². The summed E-state index contributed by atoms with van der Waals surface area (Å²) in [5, 5.41) is 17.7. The molecule has 1 fully saturated rings. The van der Waals surface area contributed by atoms with Crippen LogP contribution in [0.2, 0.25) is 0 Å². The van der Waals surface area contributed by atoms with Crippen LogP contribution in [0.5, 0.6) is 5.75 Å². The van der Waals surface area contributed by atoms with Crippen LogP contribution in [-0.2, 0) is 35.0 Å². The largest absolute Gasteiger partial charge is 0.491 e. The number of likely N-dealkylation sites (tertiary alicyclic amines) is 1. The van der Waals surface area contributed by atoms with E-state index >= 15 is 13.2 Å². The van der Waals surface area contributed by atoms with Gasteiger partial charge in [-0.1, -0.05) is 63.2 Å². The number of hydrogen-bond acceptors (Lipinski definition) is 12. The number of hydrogen-bond donors (Lipinski definition) is 4. The van der Waals surface area contributed by atoms with E-state index in [-0.39, 0.29) is 83.1 Å². The van der Waals surface area contributed by atoms with Crippen LogP contribution in [0.15, 0.2) is 66.2 Å². The number of nitrogens with one attached hydrogen (secondary N) is 3. The summed E-state index contributed by atoms with van der Waals surface area (Å²) in [7, 11) is 3.82. The minimum atomic E-state index is -1.61. The molecule has 4 heterocycles. The molecule has 2 aromatic heterocycles. The number of halogens is 3. The molecular weight excluding hydrogens is 976 g/mol. The van der Waals surface area contributed by atoms with Crippen LogP contribution in [0.25, 0.3) is 21.3 Å². The molecule has 0 saturated carbocycles. The summed E-state index contributed by atoms with van der Waals surface area (Å²) in [5.41, 5.74) is 4.59. The Kier molecular flexibility index (Phi) is 18.7. The Bertz CT molecular complexity index is 2680. The predicted octanol–water partition coefficient (Wildman–Crippen LogP) is 7.30. The van der Waals surface area contributed by atoms with E-state index in [4.69, 9.17) is 18.9 Å². The van der Waals surface area contributed by atoms with E-state index in [1.165, 1.54) is 18.7 Å². The molecule has 19 heteroatoms. The summed E-state index contributed by atoms with van der Waals surface area (Å²) < 4.78 is 69.6. The molecule has 5 aromatic rings. The second-order valence-corrected chi connectivity index (χ2v) is 22.2. The molecule has 3 aromatic carbocycles. The van der Waals surface area contributed by atoms with Gasteiger partial charge in [0.25, 0.3) is 0 Å². The zero-order valence-electron chi connectivity index (χ0n) is 43.9. The second-order valence-electron chi connectivity index (χ2n) is 21.3. The number of rotatable bonds is 23. The Hall–Kier alpha value is -5.41. The normalized spacial score (nSPS) is 19.2. The highest BCUT2D eigenvalue weighted by Crippen LogP contribution is 2.44. The first kappa shape index (κ1) is 56.3. The number of fused-ring (bicyclic) bond motifs is 3. The average Bonchev–Trinajstić information content (AvgIpc) is 4.05. The maximum Gasteiger partial charge on any atom is 0.246 e. The van der Waals surface area contributed by atoms with Gasteiger partial charge in [0.15, 0.2) is 0 Å². The minimum Gasteiger partial charge on any atom is -0.491 e. The van der Waals surface area contributed by atoms with Crippen molar-refractivity contribution in [3.05, 3.63) is 106 Å². The molecule has 74 heavy (non-hydrogen) atoms. The number of likely N-dealkylation sites (N-methyl/N-ethyl adjacent to an activating group) is 1. The average molecular weight is 1050 g/mol. The number of ether oxygens (including phenoxy) is 4. The lowest BCUT2D eigenvalue weighted by molar-refractivity contribution is -0.144. The van der Waals surface area contributed by atoms with Crippen molar-refractivity contribution in [1.82, 2.24) is 35.3 Å². The highest BCUT2D eigenvalue weighted by Gasteiger charge is 2.45. The highest BCUT2D eigenvalue weighted by molar-refractivity contribution is 7.13. The Morgan fingerprint density at radius 3 is 2.20 bits per heavy atom. The third-order valence-corrected chi connectivity index (χ3v) is 14.3. The fourth-order valence-corrected chi connectivity index (χ4v) is 10.7. The molecule has 4 N–H and O–H groups in total. The number of aromatic nitrogens is 2. The molecule has 2 aliphatic rings. The van der Waals surface area contributed by atoms with Crippen molar-refractivity contribution in [2.45, 2.75) is 103 Å². The number of aromatic amines is 1. The van der Waals surface area contributed by atoms with Gasteiger partial charge in [-0.05, 0) is 76.4 Å². The summed E-state index contributed by atoms with van der Waals surface area (Å²) in [6.07, 6.45) is -0.273. The number of H-pyrrole nitrogens is 1. The summed E-state index contributed by atoms with van der Waals surface area (Å²) in [6, 6.07) is 14.5. The first-order chi connectivity index (χ1) is 35.1. The fraction of sp³-hybridized carbons (Fsp3) is 0.527. The molecule has 0 radical (unpaired) electrons. The number of benzene rings is 3. The standard InChI is InChI=1S/C55H72F3N7O8S/c1-33-24-40-39-12-10-11-13-43(39)60-48(40)49(65(33)31-55(6,7)58)47-41(56)26-38(27-42(47)57)73-23-22-71-19-18-70-20-21-72-30-46(67)62-51(54(3,4)5)53(69)64-28-37(66)25-45(64)52(68)61-44(29-63(8)9)35-14-16-36(17-15-35)50-34(2)59-32-74-50/h10-17,26-27,32-33,37,44-45,49,51,60,66H,18-25,28-31H2,1-9H3,(H,61,68)(H,62,67)/t33-,37-,44+,45+,49-,51-/m1/s1. The molecule has 0 spiro atoms. The van der Waals surface area contributed by atoms with Crippen molar-refractivity contribution < 1.29 is 51.6 Å². The van der Waals surface area contributed by atoms with Gasteiger partial charge in [0, 0.05) is 66.4 Å². The quantitative estimate of drug-likeness (QED) is 0.0485. The number of amides is 3. The number of carbonyl (C=O) groups is 3. The lowest BCUT2D eigenvalue weighted by Crippen LogP contribution is -2.58. The molecule has 0 bridgehead atoms. The van der Waals surface area contributed by atoms with E-state index in [0.717, 1.165) is 50.3 Å². The van der Waals surface area contributed by atoms with E-state index in [9.17, 15) is 19.5 Å². The van der Waals surface area contributed by atoms with Crippen LogP contribution >= 0.6 is 11.3 Å². The molecule has 6 atom stereocenters. The molecule has 15 nitrogen and oxygen atoms in total. The van der Waals surface area contributed by atoms with Crippen LogP contribution < -0.4 is 15.4 Å². The number of aliphatic hydroxyl groups is 1. The molecule has 2 aliphatic heterocycles. The van der Waals surface area contributed by atoms with Crippen molar-refractivity contribution in [1.29, 1.82) is 0 Å². The third kappa shape index (κ3) is 14.1. The van der Waals surface area contributed by atoms with Gasteiger partial charge in [-0.25, -0.2) is 18.2 Å². The number of aliphatic hydroxyl groups excluding tert-OH is 1. The number of thiazole rings is 1. The number of β-amino-alcohol motifs (C(OH)–C–C–N with tert-alkyl or cyclic N) is 1. The number of para-hydroxylation sites is 1. The van der Waals surface area contributed by atoms with Crippen molar-refractivity contribution in [2.24, 2.45) is 5.41 Å². The van der Waals surface area contributed by atoms with E-state index in [1.807, 2.05) is 113 Å². The van der Waals surface area contributed by atoms with Gasteiger partial charge in [0.05, 0.1) is 67.3 Å². The van der Waals surface area contributed by atoms with Gasteiger partial charge in [-0.2, -0.15) is 0 Å². The van der Waals surface area contributed by atoms with Crippen LogP contribution in [0.1, 0.15) is 88.1 Å². The molecule has 0 aliphatic carbocycles. The maximum atomic E-state index is 16.0. The van der Waals surface area contributed by atoms with Crippen LogP contribution in [0, 0.1) is 24.0 Å². The van der Waals surface area contributed by atoms with Crippen LogP contribution in [0.3, 0.4) is 0 Å². The molecule has 402 valence electrons. The fourth-order valence-electron chi connectivity index (χ4n) is 9.86. The molecule has 7 rings (SSSR count). The van der Waals surface area contributed by atoms with E-state index in [0.29, 0.717) is 18.7 Å². The van der Waals surface area contributed by atoms with Crippen molar-refractivity contribution >= 4 is 40.0 Å². The number of alkyl halides is 1. The predicted molar refractivity (Wildman–Crippen MR) is 279 cm³/mol. The number of nitrogens with zero attached hydrogens (tertiary/aromatic N) is 4. The van der Waals surface area contributed by atoms with Gasteiger partial charge in [-0.15, -0.1) is 11.3 Å². The second kappa shape index (κ2) is 24.5. The zero-order chi connectivity index (χ0) is 53.5. The summed E-state index contributed by atoms with van der Waals surface area (Å²) in [4.78, 5) is 55.3. The minimum absolute atomic E-state index is 0.00605. The van der Waals surface area contributed by atoms with E-state index in [1.54, 1.807) is 11.3 Å². The SMILES string of the molecule is Cc1ncsc1-c1ccc([C@H](CN(C)C)NC(=O)[C@@H]2C[C@@H](O)CN2C(=O)[C@@H](NC(=O)COCCOCCOCCOc2cc(F)c([C@@H]3c4[nH]c5ccccc5c4C[C@@H](C)N3CC(C)(C)F)c(F)c2)C(C)(C)C)cc1. The van der Waals surface area contributed by atoms with Crippen LogP contribution in [-0.4, -0.2) is 157 Å². The van der Waals surface area contributed by atoms with Crippen molar-refractivity contribution in [3.63, 3.8) is 0 Å². The number of carbonyl (C=O) groups excluding carboxylic acids is 3. The van der Waals surface area contributed by atoms with Gasteiger partial charge >= 0.3 is 0 Å².